The van der Waals surface area contributed by atoms with Crippen LogP contribution in [0.5, 0.6) is 11.9 Å². The highest BCUT2D eigenvalue weighted by molar-refractivity contribution is 5.89. The molecule has 5 rings (SSSR count). The summed E-state index contributed by atoms with van der Waals surface area (Å²) in [4.78, 5) is 35.3. The number of amides is 2. The summed E-state index contributed by atoms with van der Waals surface area (Å²) in [6.45, 7) is 7.96. The number of nitrogens with one attached hydrogen (secondary N) is 2. The fourth-order valence-electron chi connectivity index (χ4n) is 4.80. The number of morpholine rings is 1. The van der Waals surface area contributed by atoms with Crippen molar-refractivity contribution in [1.29, 1.82) is 0 Å². The van der Waals surface area contributed by atoms with Crippen molar-refractivity contribution < 1.29 is 19.0 Å². The average Bonchev–Trinajstić information content (AvgIpc) is 2.96. The van der Waals surface area contributed by atoms with Gasteiger partial charge in [0.25, 0.3) is 0 Å². The van der Waals surface area contributed by atoms with Crippen LogP contribution in [0.2, 0.25) is 0 Å². The number of methoxy groups -OCH3 is 2. The van der Waals surface area contributed by atoms with E-state index >= 15 is 0 Å². The first-order valence-corrected chi connectivity index (χ1v) is 13.1. The van der Waals surface area contributed by atoms with Crippen molar-refractivity contribution >= 4 is 23.4 Å². The maximum atomic E-state index is 11.9. The summed E-state index contributed by atoms with van der Waals surface area (Å²) in [5, 5.41) is 5.57. The Kier molecular flexibility index (Phi) is 7.92. The van der Waals surface area contributed by atoms with Crippen LogP contribution < -0.4 is 29.9 Å². The van der Waals surface area contributed by atoms with Crippen molar-refractivity contribution in [2.24, 2.45) is 0 Å². The summed E-state index contributed by atoms with van der Waals surface area (Å²) in [5.74, 6) is 2.74. The number of fused-ring (bicyclic) bond motifs is 1. The highest BCUT2D eigenvalue weighted by Crippen LogP contribution is 2.33. The van der Waals surface area contributed by atoms with E-state index < -0.39 is 0 Å². The Hall–Kier alpha value is -4.19. The molecule has 2 amide bonds. The minimum Gasteiger partial charge on any atom is -0.481 e. The molecule has 12 nitrogen and oxygen atoms in total. The minimum atomic E-state index is -0.239. The quantitative estimate of drug-likeness (QED) is 0.467. The molecule has 1 atom stereocenters. The van der Waals surface area contributed by atoms with E-state index in [0.717, 1.165) is 42.1 Å². The van der Waals surface area contributed by atoms with Crippen molar-refractivity contribution in [2.75, 3.05) is 62.2 Å². The molecule has 0 unspecified atom stereocenters. The molecule has 3 aromatic rings. The number of aromatic nitrogens is 4. The number of hydrogen-bond donors (Lipinski definition) is 2. The fourth-order valence-corrected chi connectivity index (χ4v) is 4.80. The van der Waals surface area contributed by atoms with E-state index in [1.54, 1.807) is 13.2 Å². The standard InChI is InChI=1S/C27H34N8O4/c1-5-28-26(36)29-19-8-6-18(7-9-19)24-30-21-15-34(22-14-23(37-3)32-27(31-22)38-4)11-10-20(21)25(33-24)35-12-13-39-16-17(35)2/h6-9,14,17H,5,10-13,15-16H2,1-4H3,(H2,28,29,36)/t17-/m0/s1. The molecule has 1 saturated heterocycles. The third kappa shape index (κ3) is 5.80. The van der Waals surface area contributed by atoms with Crippen molar-refractivity contribution in [1.82, 2.24) is 25.3 Å². The third-order valence-corrected chi connectivity index (χ3v) is 6.81. The number of rotatable bonds is 7. The highest BCUT2D eigenvalue weighted by Gasteiger charge is 2.30. The van der Waals surface area contributed by atoms with Crippen molar-refractivity contribution in [3.05, 3.63) is 41.6 Å². The van der Waals surface area contributed by atoms with Crippen LogP contribution in [0.15, 0.2) is 30.3 Å². The zero-order valence-electron chi connectivity index (χ0n) is 22.7. The van der Waals surface area contributed by atoms with Crippen molar-refractivity contribution in [2.45, 2.75) is 32.9 Å². The summed E-state index contributed by atoms with van der Waals surface area (Å²) in [6.07, 6.45) is 0.763. The summed E-state index contributed by atoms with van der Waals surface area (Å²) >= 11 is 0. The molecule has 0 saturated carbocycles. The van der Waals surface area contributed by atoms with Crippen LogP contribution in [-0.4, -0.2) is 79.1 Å². The van der Waals surface area contributed by atoms with Crippen LogP contribution >= 0.6 is 0 Å². The monoisotopic (exact) mass is 534 g/mol. The molecule has 2 aliphatic heterocycles. The Morgan fingerprint density at radius 2 is 1.92 bits per heavy atom. The third-order valence-electron chi connectivity index (χ3n) is 6.81. The number of ether oxygens (including phenoxy) is 3. The van der Waals surface area contributed by atoms with Gasteiger partial charge >= 0.3 is 12.0 Å². The molecule has 1 aromatic carbocycles. The molecule has 2 aliphatic rings. The average molecular weight is 535 g/mol. The molecule has 0 radical (unpaired) electrons. The maximum Gasteiger partial charge on any atom is 0.321 e. The predicted molar refractivity (Wildman–Crippen MR) is 148 cm³/mol. The molecule has 12 heteroatoms. The topological polar surface area (TPSA) is 127 Å². The molecule has 0 spiro atoms. The summed E-state index contributed by atoms with van der Waals surface area (Å²) < 4.78 is 16.4. The van der Waals surface area contributed by atoms with Gasteiger partial charge in [-0.3, -0.25) is 0 Å². The molecule has 0 bridgehead atoms. The van der Waals surface area contributed by atoms with Crippen LogP contribution in [0, 0.1) is 0 Å². The number of carbonyl (C=O) groups is 1. The molecule has 2 N–H and O–H groups in total. The first kappa shape index (κ1) is 26.4. The second-order valence-electron chi connectivity index (χ2n) is 9.40. The Bertz CT molecular complexity index is 1300. The van der Waals surface area contributed by atoms with Gasteiger partial charge in [-0.05, 0) is 44.5 Å². The number of anilines is 3. The molecule has 0 aliphatic carbocycles. The van der Waals surface area contributed by atoms with Gasteiger partial charge in [0.2, 0.25) is 5.88 Å². The smallest absolute Gasteiger partial charge is 0.321 e. The van der Waals surface area contributed by atoms with Crippen LogP contribution in [0.3, 0.4) is 0 Å². The van der Waals surface area contributed by atoms with Crippen molar-refractivity contribution in [3.63, 3.8) is 0 Å². The summed E-state index contributed by atoms with van der Waals surface area (Å²) in [5.41, 5.74) is 3.65. The van der Waals surface area contributed by atoms with E-state index in [9.17, 15) is 4.79 Å². The second kappa shape index (κ2) is 11.7. The lowest BCUT2D eigenvalue weighted by molar-refractivity contribution is 0.0984. The van der Waals surface area contributed by atoms with E-state index in [1.807, 2.05) is 31.2 Å². The molecule has 2 aromatic heterocycles. The van der Waals surface area contributed by atoms with Gasteiger partial charge < -0.3 is 34.6 Å². The van der Waals surface area contributed by atoms with Gasteiger partial charge in [-0.2, -0.15) is 9.97 Å². The van der Waals surface area contributed by atoms with Gasteiger partial charge in [0, 0.05) is 42.5 Å². The molecule has 206 valence electrons. The highest BCUT2D eigenvalue weighted by atomic mass is 16.5. The summed E-state index contributed by atoms with van der Waals surface area (Å²) in [7, 11) is 3.11. The predicted octanol–water partition coefficient (Wildman–Crippen LogP) is 2.88. The Morgan fingerprint density at radius 3 is 2.64 bits per heavy atom. The van der Waals surface area contributed by atoms with Gasteiger partial charge in [0.15, 0.2) is 5.82 Å². The number of urea groups is 1. The molecule has 1 fully saturated rings. The fraction of sp³-hybridized carbons (Fsp3) is 0.444. The van der Waals surface area contributed by atoms with Gasteiger partial charge in [0.1, 0.15) is 11.6 Å². The van der Waals surface area contributed by atoms with E-state index in [4.69, 9.17) is 24.2 Å². The Morgan fingerprint density at radius 1 is 1.10 bits per heavy atom. The van der Waals surface area contributed by atoms with E-state index in [-0.39, 0.29) is 18.1 Å². The number of nitrogens with zero attached hydrogens (tertiary/aromatic N) is 6. The van der Waals surface area contributed by atoms with Crippen molar-refractivity contribution in [3.8, 4) is 23.3 Å². The Labute approximate surface area is 227 Å². The van der Waals surface area contributed by atoms with Crippen LogP contribution in [0.4, 0.5) is 22.1 Å². The SMILES string of the molecule is CCNC(=O)Nc1ccc(-c2nc3c(c(N4CCOC[C@@H]4C)n2)CCN(c2cc(OC)nc(OC)n2)C3)cc1. The number of hydrogen-bond acceptors (Lipinski definition) is 10. The Balaban J connectivity index is 1.51. The second-order valence-corrected chi connectivity index (χ2v) is 9.40. The largest absolute Gasteiger partial charge is 0.481 e. The number of benzene rings is 1. The minimum absolute atomic E-state index is 0.197. The van der Waals surface area contributed by atoms with Gasteiger partial charge in [-0.15, -0.1) is 0 Å². The first-order valence-electron chi connectivity index (χ1n) is 13.1. The van der Waals surface area contributed by atoms with E-state index in [1.165, 1.54) is 7.11 Å². The van der Waals surface area contributed by atoms with E-state index in [0.29, 0.717) is 49.5 Å². The maximum absolute atomic E-state index is 11.9. The van der Waals surface area contributed by atoms with Gasteiger partial charge in [-0.25, -0.2) is 14.8 Å². The van der Waals surface area contributed by atoms with Crippen LogP contribution in [0.25, 0.3) is 11.4 Å². The zero-order chi connectivity index (χ0) is 27.4. The molecule has 39 heavy (non-hydrogen) atoms. The van der Waals surface area contributed by atoms with Gasteiger partial charge in [0.05, 0.1) is 45.7 Å². The lowest BCUT2D eigenvalue weighted by atomic mass is 10.0. The molecule has 4 heterocycles. The van der Waals surface area contributed by atoms with Gasteiger partial charge in [-0.1, -0.05) is 0 Å². The molecular formula is C27H34N8O4. The molecular weight excluding hydrogens is 500 g/mol. The van der Waals surface area contributed by atoms with E-state index in [2.05, 4.69) is 37.3 Å². The lowest BCUT2D eigenvalue weighted by Gasteiger charge is -2.38. The number of carbonyl (C=O) groups excluding carboxylic acids is 1. The summed E-state index contributed by atoms with van der Waals surface area (Å²) in [6, 6.07) is 9.59. The van der Waals surface area contributed by atoms with Crippen LogP contribution in [0.1, 0.15) is 25.1 Å². The first-order chi connectivity index (χ1) is 19.0. The zero-order valence-corrected chi connectivity index (χ0v) is 22.7. The lowest BCUT2D eigenvalue weighted by Crippen LogP contribution is -2.45. The normalized spacial score (nSPS) is 16.9. The van der Waals surface area contributed by atoms with Crippen LogP contribution in [-0.2, 0) is 17.7 Å².